The fourth-order valence-corrected chi connectivity index (χ4v) is 2.42. The lowest BCUT2D eigenvalue weighted by molar-refractivity contribution is -0.389. The fraction of sp³-hybridized carbons (Fsp3) is 0.0588. The van der Waals surface area contributed by atoms with E-state index in [1.807, 2.05) is 0 Å². The van der Waals surface area contributed by atoms with E-state index in [9.17, 15) is 20.0 Å². The largest absolute Gasteiger partial charge is 0.508 e. The Balaban J connectivity index is 1.68. The van der Waals surface area contributed by atoms with Crippen LogP contribution in [0.4, 0.5) is 5.82 Å². The zero-order valence-electron chi connectivity index (χ0n) is 13.2. The van der Waals surface area contributed by atoms with E-state index >= 15 is 0 Å². The molecular formula is C17H12ClN3O5. The van der Waals surface area contributed by atoms with E-state index < -0.39 is 10.7 Å². The van der Waals surface area contributed by atoms with E-state index in [1.165, 1.54) is 47.3 Å². The summed E-state index contributed by atoms with van der Waals surface area (Å²) in [6.07, 6.45) is 4.20. The number of furan rings is 1. The summed E-state index contributed by atoms with van der Waals surface area (Å²) in [5.41, 5.74) is 0.435. The number of aromatic nitrogens is 2. The summed E-state index contributed by atoms with van der Waals surface area (Å²) < 4.78 is 6.85. The normalized spacial score (nSPS) is 11.1. The summed E-state index contributed by atoms with van der Waals surface area (Å²) in [4.78, 5) is 22.1. The number of aromatic hydroxyl groups is 1. The molecule has 3 aromatic rings. The van der Waals surface area contributed by atoms with Crippen molar-refractivity contribution in [2.75, 3.05) is 0 Å². The Morgan fingerprint density at radius 1 is 1.31 bits per heavy atom. The minimum absolute atomic E-state index is 0.0545. The molecule has 2 aromatic heterocycles. The van der Waals surface area contributed by atoms with Crippen LogP contribution in [0.25, 0.3) is 6.08 Å². The minimum Gasteiger partial charge on any atom is -0.508 e. The van der Waals surface area contributed by atoms with Crippen LogP contribution in [0.2, 0.25) is 5.02 Å². The minimum atomic E-state index is -0.663. The van der Waals surface area contributed by atoms with Crippen molar-refractivity contribution in [3.8, 4) is 5.75 Å². The Kier molecular flexibility index (Phi) is 4.85. The second kappa shape index (κ2) is 7.24. The molecule has 1 aromatic carbocycles. The Bertz CT molecular complexity index is 988. The van der Waals surface area contributed by atoms with Crippen molar-refractivity contribution in [1.29, 1.82) is 0 Å². The maximum absolute atomic E-state index is 12.0. The number of nitro groups is 1. The Hall–Kier alpha value is -3.39. The van der Waals surface area contributed by atoms with Crippen molar-refractivity contribution in [2.24, 2.45) is 0 Å². The first-order valence-corrected chi connectivity index (χ1v) is 7.77. The molecule has 0 aliphatic heterocycles. The SMILES string of the molecule is O=C(/C=C/c1ccc(Cn2cc(Cl)c([N+](=O)[O-])n2)o1)c1ccc(O)cc1. The molecule has 0 bridgehead atoms. The van der Waals surface area contributed by atoms with Crippen LogP contribution in [0.3, 0.4) is 0 Å². The van der Waals surface area contributed by atoms with Crippen LogP contribution < -0.4 is 0 Å². The van der Waals surface area contributed by atoms with E-state index in [0.29, 0.717) is 17.1 Å². The third-order valence-electron chi connectivity index (χ3n) is 3.42. The summed E-state index contributed by atoms with van der Waals surface area (Å²) in [5, 5.41) is 23.7. The molecule has 0 atom stereocenters. The Labute approximate surface area is 152 Å². The highest BCUT2D eigenvalue weighted by Crippen LogP contribution is 2.22. The van der Waals surface area contributed by atoms with Crippen molar-refractivity contribution in [1.82, 2.24) is 9.78 Å². The number of nitrogens with zero attached hydrogens (tertiary/aromatic N) is 3. The Morgan fingerprint density at radius 3 is 2.69 bits per heavy atom. The van der Waals surface area contributed by atoms with Crippen LogP contribution in [0.15, 0.2) is 53.1 Å². The number of hydrogen-bond donors (Lipinski definition) is 1. The summed E-state index contributed by atoms with van der Waals surface area (Å²) in [7, 11) is 0. The molecule has 3 rings (SSSR count). The van der Waals surface area contributed by atoms with E-state index in [0.717, 1.165) is 0 Å². The zero-order valence-corrected chi connectivity index (χ0v) is 14.0. The molecule has 0 aliphatic carbocycles. The highest BCUT2D eigenvalue weighted by molar-refractivity contribution is 6.32. The molecule has 0 fully saturated rings. The highest BCUT2D eigenvalue weighted by Gasteiger charge is 2.19. The second-order valence-electron chi connectivity index (χ2n) is 5.30. The molecule has 0 saturated carbocycles. The van der Waals surface area contributed by atoms with Crippen molar-refractivity contribution < 1.29 is 19.2 Å². The van der Waals surface area contributed by atoms with E-state index in [4.69, 9.17) is 16.0 Å². The monoisotopic (exact) mass is 373 g/mol. The number of carbonyl (C=O) groups is 1. The molecule has 2 heterocycles. The molecule has 0 aliphatic rings. The molecule has 0 radical (unpaired) electrons. The second-order valence-corrected chi connectivity index (χ2v) is 5.71. The average molecular weight is 374 g/mol. The van der Waals surface area contributed by atoms with Gasteiger partial charge in [0.15, 0.2) is 10.8 Å². The number of hydrogen-bond acceptors (Lipinski definition) is 6. The van der Waals surface area contributed by atoms with Gasteiger partial charge in [-0.3, -0.25) is 4.79 Å². The number of carbonyl (C=O) groups excluding carboxylic acids is 1. The number of benzene rings is 1. The molecule has 0 amide bonds. The van der Waals surface area contributed by atoms with Crippen molar-refractivity contribution in [2.45, 2.75) is 6.54 Å². The van der Waals surface area contributed by atoms with E-state index in [1.54, 1.807) is 12.1 Å². The highest BCUT2D eigenvalue weighted by atomic mass is 35.5. The first-order chi connectivity index (χ1) is 12.4. The van der Waals surface area contributed by atoms with Crippen LogP contribution in [0.1, 0.15) is 21.9 Å². The molecule has 8 nitrogen and oxygen atoms in total. The number of halogens is 1. The van der Waals surface area contributed by atoms with Gasteiger partial charge in [-0.15, -0.1) is 0 Å². The summed E-state index contributed by atoms with van der Waals surface area (Å²) in [5.74, 6) is 0.367. The van der Waals surface area contributed by atoms with Crippen LogP contribution in [-0.4, -0.2) is 25.6 Å². The standard InChI is InChI=1S/C17H12ClN3O5/c18-15-10-20(19-17(15)21(24)25)9-14-6-5-13(26-14)7-8-16(23)11-1-3-12(22)4-2-11/h1-8,10,22H,9H2/b8-7+. The van der Waals surface area contributed by atoms with Crippen LogP contribution in [0.5, 0.6) is 5.75 Å². The Morgan fingerprint density at radius 2 is 2.04 bits per heavy atom. The zero-order chi connectivity index (χ0) is 18.7. The van der Waals surface area contributed by atoms with E-state index in [2.05, 4.69) is 5.10 Å². The molecule has 0 saturated heterocycles. The summed E-state index contributed by atoms with van der Waals surface area (Å²) >= 11 is 5.74. The fourth-order valence-electron chi connectivity index (χ4n) is 2.20. The molecule has 26 heavy (non-hydrogen) atoms. The molecule has 1 N–H and O–H groups in total. The van der Waals surface area contributed by atoms with Crippen molar-refractivity contribution in [3.63, 3.8) is 0 Å². The maximum Gasteiger partial charge on any atom is 0.408 e. The van der Waals surface area contributed by atoms with E-state index in [-0.39, 0.29) is 23.1 Å². The van der Waals surface area contributed by atoms with Gasteiger partial charge < -0.3 is 19.6 Å². The quantitative estimate of drug-likeness (QED) is 0.305. The molecule has 0 unspecified atom stereocenters. The van der Waals surface area contributed by atoms with Crippen LogP contribution in [-0.2, 0) is 6.54 Å². The summed E-state index contributed by atoms with van der Waals surface area (Å²) in [6.45, 7) is 0.160. The van der Waals surface area contributed by atoms with Gasteiger partial charge in [0.25, 0.3) is 0 Å². The van der Waals surface area contributed by atoms with Gasteiger partial charge in [-0.25, -0.2) is 0 Å². The topological polar surface area (TPSA) is 111 Å². The van der Waals surface area contributed by atoms with Crippen LogP contribution in [0, 0.1) is 10.1 Å². The lowest BCUT2D eigenvalue weighted by atomic mass is 10.1. The lowest BCUT2D eigenvalue weighted by Crippen LogP contribution is -2.00. The number of phenolic OH excluding ortho intramolecular Hbond substituents is 1. The van der Waals surface area contributed by atoms with Crippen molar-refractivity contribution in [3.05, 3.63) is 80.9 Å². The van der Waals surface area contributed by atoms with Crippen LogP contribution >= 0.6 is 11.6 Å². The molecule has 0 spiro atoms. The average Bonchev–Trinajstić information content (AvgIpc) is 3.20. The number of phenols is 1. The van der Waals surface area contributed by atoms with Gasteiger partial charge in [0.05, 0.1) is 11.3 Å². The number of rotatable bonds is 6. The van der Waals surface area contributed by atoms with Gasteiger partial charge >= 0.3 is 5.82 Å². The van der Waals surface area contributed by atoms with Gasteiger partial charge in [-0.2, -0.15) is 4.68 Å². The third kappa shape index (κ3) is 3.98. The predicted molar refractivity (Wildman–Crippen MR) is 93.2 cm³/mol. The van der Waals surface area contributed by atoms with Crippen molar-refractivity contribution >= 4 is 29.3 Å². The molecule has 132 valence electrons. The van der Waals surface area contributed by atoms with Gasteiger partial charge in [0.2, 0.25) is 0 Å². The van der Waals surface area contributed by atoms with Gasteiger partial charge in [0, 0.05) is 5.56 Å². The predicted octanol–water partition coefficient (Wildman–Crippen LogP) is 3.69. The number of allylic oxidation sites excluding steroid dienone is 1. The van der Waals surface area contributed by atoms with Gasteiger partial charge in [-0.1, -0.05) is 11.6 Å². The maximum atomic E-state index is 12.0. The van der Waals surface area contributed by atoms with Gasteiger partial charge in [-0.05, 0) is 53.5 Å². The smallest absolute Gasteiger partial charge is 0.408 e. The molecule has 9 heteroatoms. The summed E-state index contributed by atoms with van der Waals surface area (Å²) in [6, 6.07) is 9.23. The van der Waals surface area contributed by atoms with Gasteiger partial charge in [0.1, 0.15) is 23.8 Å². The lowest BCUT2D eigenvalue weighted by Gasteiger charge is -1.95. The first-order valence-electron chi connectivity index (χ1n) is 7.40. The molecular weight excluding hydrogens is 362 g/mol. The first kappa shape index (κ1) is 17.4. The number of ketones is 1. The third-order valence-corrected chi connectivity index (χ3v) is 3.69.